The number of halogens is 3. The number of carbonyl (C=O) groups is 1. The van der Waals surface area contributed by atoms with Crippen molar-refractivity contribution in [2.75, 3.05) is 17.7 Å². The number of hydrogen-bond donors (Lipinski definition) is 2. The Kier molecular flexibility index (Phi) is 7.04. The van der Waals surface area contributed by atoms with E-state index in [1.165, 1.54) is 18.5 Å². The fraction of sp³-hybridized carbons (Fsp3) is 0.0952. The highest BCUT2D eigenvalue weighted by molar-refractivity contribution is 7.89. The number of hydrogen-bond acceptors (Lipinski definition) is 8. The molecular weight excluding hydrogens is 475 g/mol. The highest BCUT2D eigenvalue weighted by atomic mass is 32.2. The topological polar surface area (TPSA) is 114 Å². The fourth-order valence-electron chi connectivity index (χ4n) is 2.58. The average Bonchev–Trinajstić information content (AvgIpc) is 2.79. The second-order valence-corrected chi connectivity index (χ2v) is 8.52. The molecule has 0 aliphatic carbocycles. The van der Waals surface area contributed by atoms with Gasteiger partial charge >= 0.3 is 12.1 Å². The van der Waals surface area contributed by atoms with Crippen LogP contribution in [0.4, 0.5) is 36.2 Å². The molecule has 3 rings (SSSR count). The van der Waals surface area contributed by atoms with Crippen LogP contribution in [0.5, 0.6) is 0 Å². The third-order valence-electron chi connectivity index (χ3n) is 4.15. The van der Waals surface area contributed by atoms with Gasteiger partial charge in [-0.25, -0.2) is 23.2 Å². The third kappa shape index (κ3) is 6.00. The number of nitrogens with one attached hydrogen (secondary N) is 2. The molecule has 0 spiro atoms. The number of hydroxylamine groups is 1. The van der Waals surface area contributed by atoms with Crippen molar-refractivity contribution in [3.8, 4) is 12.3 Å². The molecule has 9 nitrogen and oxygen atoms in total. The highest BCUT2D eigenvalue weighted by Gasteiger charge is 2.43. The summed E-state index contributed by atoms with van der Waals surface area (Å²) in [7, 11) is -3.90. The first kappa shape index (κ1) is 24.5. The maximum atomic E-state index is 12.5. The molecular formula is C21H16F3N5O4S. The lowest BCUT2D eigenvalue weighted by Gasteiger charge is -2.17. The van der Waals surface area contributed by atoms with E-state index >= 15 is 0 Å². The fourth-order valence-corrected chi connectivity index (χ4v) is 3.57. The summed E-state index contributed by atoms with van der Waals surface area (Å²) in [5.74, 6) is 0.554. The molecule has 0 radical (unpaired) electrons. The van der Waals surface area contributed by atoms with Crippen LogP contribution in [0.15, 0.2) is 65.8 Å². The molecule has 0 atom stereocenters. The summed E-state index contributed by atoms with van der Waals surface area (Å²) in [5, 5.41) is 5.93. The molecule has 3 aromatic rings. The van der Waals surface area contributed by atoms with Gasteiger partial charge in [0.25, 0.3) is 10.0 Å². The summed E-state index contributed by atoms with van der Waals surface area (Å²) in [4.78, 5) is 22.6. The second-order valence-electron chi connectivity index (χ2n) is 6.58. The molecule has 2 N–H and O–H groups in total. The Morgan fingerprint density at radius 3 is 2.21 bits per heavy atom. The zero-order chi connectivity index (χ0) is 24.9. The van der Waals surface area contributed by atoms with Crippen molar-refractivity contribution in [2.24, 2.45) is 0 Å². The van der Waals surface area contributed by atoms with E-state index in [9.17, 15) is 26.4 Å². The van der Waals surface area contributed by atoms with Crippen LogP contribution in [0, 0.1) is 12.3 Å². The zero-order valence-corrected chi connectivity index (χ0v) is 18.2. The molecule has 13 heteroatoms. The Morgan fingerprint density at radius 1 is 1.03 bits per heavy atom. The Morgan fingerprint density at radius 2 is 1.62 bits per heavy atom. The van der Waals surface area contributed by atoms with Gasteiger partial charge in [0, 0.05) is 30.1 Å². The van der Waals surface area contributed by atoms with Crippen molar-refractivity contribution in [3.63, 3.8) is 0 Å². The number of anilines is 4. The number of benzene rings is 2. The van der Waals surface area contributed by atoms with Crippen LogP contribution in [-0.2, 0) is 19.7 Å². The minimum absolute atomic E-state index is 0.154. The van der Waals surface area contributed by atoms with E-state index in [2.05, 4.69) is 31.4 Å². The summed E-state index contributed by atoms with van der Waals surface area (Å²) in [6, 6.07) is 13.7. The van der Waals surface area contributed by atoms with Crippen molar-refractivity contribution >= 4 is 39.0 Å². The Labute approximate surface area is 192 Å². The van der Waals surface area contributed by atoms with E-state index in [0.29, 0.717) is 24.1 Å². The van der Waals surface area contributed by atoms with Crippen LogP contribution < -0.4 is 10.6 Å². The minimum Gasteiger partial charge on any atom is -0.345 e. The number of nitrogens with zero attached hydrogens (tertiary/aromatic N) is 3. The first-order chi connectivity index (χ1) is 16.0. The first-order valence-corrected chi connectivity index (χ1v) is 10.7. The first-order valence-electron chi connectivity index (χ1n) is 9.30. The van der Waals surface area contributed by atoms with Gasteiger partial charge in [0.15, 0.2) is 0 Å². The minimum atomic E-state index is -5.35. The lowest BCUT2D eigenvalue weighted by Crippen LogP contribution is -2.36. The second kappa shape index (κ2) is 9.77. The number of aromatic nitrogens is 2. The molecule has 1 aromatic heterocycles. The number of carbonyl (C=O) groups excluding carboxylic acids is 1. The van der Waals surface area contributed by atoms with Gasteiger partial charge in [-0.15, -0.1) is 6.42 Å². The van der Waals surface area contributed by atoms with Crippen molar-refractivity contribution in [1.29, 1.82) is 0 Å². The normalized spacial score (nSPS) is 11.5. The van der Waals surface area contributed by atoms with E-state index in [-0.39, 0.29) is 16.0 Å². The molecule has 0 bridgehead atoms. The molecule has 0 unspecified atom stereocenters. The van der Waals surface area contributed by atoms with Crippen molar-refractivity contribution in [3.05, 3.63) is 66.5 Å². The SMILES string of the molecule is C#Cc1cccc(Nc2cc(Nc3cccc(S(=O)(=O)N(C)OC(=O)C(F)(F)F)c3)ncn2)c1. The molecule has 0 saturated carbocycles. The lowest BCUT2D eigenvalue weighted by molar-refractivity contribution is -0.219. The smallest absolute Gasteiger partial charge is 0.345 e. The average molecular weight is 491 g/mol. The van der Waals surface area contributed by atoms with Gasteiger partial charge in [-0.2, -0.15) is 13.2 Å². The highest BCUT2D eigenvalue weighted by Crippen LogP contribution is 2.24. The monoisotopic (exact) mass is 491 g/mol. The van der Waals surface area contributed by atoms with E-state index in [4.69, 9.17) is 6.42 Å². The molecule has 0 amide bonds. The van der Waals surface area contributed by atoms with Gasteiger partial charge in [-0.1, -0.05) is 18.1 Å². The molecule has 34 heavy (non-hydrogen) atoms. The lowest BCUT2D eigenvalue weighted by atomic mass is 10.2. The maximum absolute atomic E-state index is 12.5. The number of rotatable bonds is 7. The number of alkyl halides is 3. The van der Waals surface area contributed by atoms with Crippen molar-refractivity contribution in [2.45, 2.75) is 11.1 Å². The summed E-state index contributed by atoms with van der Waals surface area (Å²) >= 11 is 0. The molecule has 0 fully saturated rings. The van der Waals surface area contributed by atoms with E-state index in [0.717, 1.165) is 12.1 Å². The summed E-state index contributed by atoms with van der Waals surface area (Å²) in [6.45, 7) is 0. The predicted molar refractivity (Wildman–Crippen MR) is 117 cm³/mol. The molecule has 2 aromatic carbocycles. The van der Waals surface area contributed by atoms with Gasteiger partial charge in [0.1, 0.15) is 18.0 Å². The molecule has 0 aliphatic heterocycles. The number of terminal acetylenes is 1. The Balaban J connectivity index is 1.77. The van der Waals surface area contributed by atoms with Crippen LogP contribution in [0.1, 0.15) is 5.56 Å². The van der Waals surface area contributed by atoms with Gasteiger partial charge < -0.3 is 15.5 Å². The van der Waals surface area contributed by atoms with Crippen molar-refractivity contribution < 1.29 is 31.2 Å². The van der Waals surface area contributed by atoms with E-state index in [1.807, 2.05) is 0 Å². The maximum Gasteiger partial charge on any atom is 0.492 e. The largest absolute Gasteiger partial charge is 0.492 e. The van der Waals surface area contributed by atoms with Crippen molar-refractivity contribution in [1.82, 2.24) is 14.4 Å². The van der Waals surface area contributed by atoms with Crippen LogP contribution in [0.25, 0.3) is 0 Å². The van der Waals surface area contributed by atoms with Gasteiger partial charge in [0.2, 0.25) is 0 Å². The standard InChI is InChI=1S/C21H16F3N5O4S/c1-3-14-6-4-7-15(10-14)27-18-12-19(26-13-25-18)28-16-8-5-9-17(11-16)34(31,32)29(2)33-20(30)21(22,23)24/h1,4-13H,2H3,(H2,25,26,27,28). The van der Waals surface area contributed by atoms with E-state index in [1.54, 1.807) is 30.3 Å². The molecule has 1 heterocycles. The third-order valence-corrected chi connectivity index (χ3v) is 5.76. The van der Waals surface area contributed by atoms with Gasteiger partial charge in [0.05, 0.1) is 4.90 Å². The van der Waals surface area contributed by atoms with Gasteiger partial charge in [-0.05, 0) is 40.9 Å². The van der Waals surface area contributed by atoms with Crippen LogP contribution >= 0.6 is 0 Å². The number of sulfonamides is 1. The molecule has 0 aliphatic rings. The zero-order valence-electron chi connectivity index (χ0n) is 17.4. The molecule has 0 saturated heterocycles. The summed E-state index contributed by atoms with van der Waals surface area (Å²) in [5.41, 5.74) is 1.60. The Bertz CT molecular complexity index is 1360. The summed E-state index contributed by atoms with van der Waals surface area (Å²) in [6.07, 6.45) is 1.30. The van der Waals surface area contributed by atoms with Crippen LogP contribution in [-0.4, -0.2) is 42.0 Å². The predicted octanol–water partition coefficient (Wildman–Crippen LogP) is 3.59. The van der Waals surface area contributed by atoms with Gasteiger partial charge in [-0.3, -0.25) is 0 Å². The Hall–Kier alpha value is -4.15. The quantitative estimate of drug-likeness (QED) is 0.381. The van der Waals surface area contributed by atoms with Crippen LogP contribution in [0.2, 0.25) is 0 Å². The van der Waals surface area contributed by atoms with E-state index < -0.39 is 27.1 Å². The van der Waals surface area contributed by atoms with Crippen LogP contribution in [0.3, 0.4) is 0 Å². The summed E-state index contributed by atoms with van der Waals surface area (Å²) < 4.78 is 62.0. The molecule has 176 valence electrons.